The Hall–Kier alpha value is -1.81. The number of imidazole rings is 1. The summed E-state index contributed by atoms with van der Waals surface area (Å²) < 4.78 is 2.06. The van der Waals surface area contributed by atoms with Gasteiger partial charge in [0.05, 0.1) is 17.7 Å². The van der Waals surface area contributed by atoms with Gasteiger partial charge in [-0.15, -0.1) is 0 Å². The van der Waals surface area contributed by atoms with E-state index in [-0.39, 0.29) is 0 Å². The van der Waals surface area contributed by atoms with Gasteiger partial charge in [0, 0.05) is 25.0 Å². The van der Waals surface area contributed by atoms with Gasteiger partial charge in [0.15, 0.2) is 0 Å². The Kier molecular flexibility index (Phi) is 4.25. The molecule has 2 aromatic rings. The molecule has 4 heteroatoms. The van der Waals surface area contributed by atoms with Gasteiger partial charge in [-0.3, -0.25) is 0 Å². The largest absolute Gasteiger partial charge is 0.381 e. The van der Waals surface area contributed by atoms with Crippen molar-refractivity contribution in [3.8, 4) is 5.69 Å². The molecule has 0 bridgehead atoms. The molecule has 0 saturated carbocycles. The fourth-order valence-corrected chi connectivity index (χ4v) is 3.20. The fraction of sp³-hybridized carbons (Fsp3) is 0.471. The molecule has 1 fully saturated rings. The van der Waals surface area contributed by atoms with E-state index in [1.165, 1.54) is 31.6 Å². The third kappa shape index (κ3) is 3.27. The van der Waals surface area contributed by atoms with E-state index < -0.39 is 0 Å². The lowest BCUT2D eigenvalue weighted by atomic mass is 9.91. The van der Waals surface area contributed by atoms with Gasteiger partial charge < -0.3 is 14.8 Å². The Morgan fingerprint density at radius 1 is 1.33 bits per heavy atom. The lowest BCUT2D eigenvalue weighted by molar-refractivity contribution is 0.197. The van der Waals surface area contributed by atoms with Crippen LogP contribution in [0.1, 0.15) is 19.8 Å². The van der Waals surface area contributed by atoms with Gasteiger partial charge in [-0.25, -0.2) is 4.98 Å². The lowest BCUT2D eigenvalue weighted by Crippen LogP contribution is -2.40. The van der Waals surface area contributed by atoms with Crippen LogP contribution in [0.2, 0.25) is 0 Å². The van der Waals surface area contributed by atoms with Crippen LogP contribution in [0, 0.1) is 5.92 Å². The standard InChI is InChI=1S/C17H24N4/c1-14(15-6-5-10-20(2)12-15)19-16-7-3-4-8-17(16)21-11-9-18-13-21/h3-4,7-9,11,13-15,19H,5-6,10,12H2,1-2H3. The summed E-state index contributed by atoms with van der Waals surface area (Å²) in [6.45, 7) is 4.71. The summed E-state index contributed by atoms with van der Waals surface area (Å²) in [6, 6.07) is 8.90. The molecule has 0 spiro atoms. The van der Waals surface area contributed by atoms with Crippen molar-refractivity contribution in [1.82, 2.24) is 14.5 Å². The van der Waals surface area contributed by atoms with E-state index in [4.69, 9.17) is 0 Å². The maximum atomic E-state index is 4.15. The predicted octanol–water partition coefficient (Wildman–Crippen LogP) is 3.01. The van der Waals surface area contributed by atoms with Crippen LogP contribution in [0.25, 0.3) is 5.69 Å². The maximum absolute atomic E-state index is 4.15. The zero-order valence-electron chi connectivity index (χ0n) is 12.9. The van der Waals surface area contributed by atoms with Gasteiger partial charge in [-0.2, -0.15) is 0 Å². The van der Waals surface area contributed by atoms with Crippen molar-refractivity contribution in [1.29, 1.82) is 0 Å². The molecule has 2 unspecified atom stereocenters. The molecule has 1 saturated heterocycles. The SMILES string of the molecule is CC(Nc1ccccc1-n1ccnc1)C1CCCN(C)C1. The van der Waals surface area contributed by atoms with E-state index in [1.807, 2.05) is 18.7 Å². The lowest BCUT2D eigenvalue weighted by Gasteiger charge is -2.34. The average molecular weight is 284 g/mol. The van der Waals surface area contributed by atoms with E-state index in [0.29, 0.717) is 12.0 Å². The van der Waals surface area contributed by atoms with Crippen LogP contribution in [0.4, 0.5) is 5.69 Å². The van der Waals surface area contributed by atoms with Gasteiger partial charge in [-0.05, 0) is 51.4 Å². The minimum atomic E-state index is 0.470. The molecule has 1 aliphatic rings. The quantitative estimate of drug-likeness (QED) is 0.937. The molecule has 1 aromatic heterocycles. The number of aromatic nitrogens is 2. The number of nitrogens with zero attached hydrogens (tertiary/aromatic N) is 3. The van der Waals surface area contributed by atoms with Gasteiger partial charge >= 0.3 is 0 Å². The summed E-state index contributed by atoms with van der Waals surface area (Å²) >= 11 is 0. The molecular formula is C17H24N4. The number of para-hydroxylation sites is 2. The van der Waals surface area contributed by atoms with Crippen LogP contribution in [-0.2, 0) is 0 Å². The molecule has 0 aliphatic carbocycles. The zero-order valence-corrected chi connectivity index (χ0v) is 12.9. The second-order valence-corrected chi connectivity index (χ2v) is 6.08. The first-order valence-electron chi connectivity index (χ1n) is 7.76. The minimum absolute atomic E-state index is 0.470. The van der Waals surface area contributed by atoms with Crippen LogP contribution in [0.15, 0.2) is 43.0 Å². The summed E-state index contributed by atoms with van der Waals surface area (Å²) in [5, 5.41) is 3.71. The van der Waals surface area contributed by atoms with Gasteiger partial charge in [-0.1, -0.05) is 12.1 Å². The van der Waals surface area contributed by atoms with E-state index >= 15 is 0 Å². The van der Waals surface area contributed by atoms with Crippen molar-refractivity contribution in [3.63, 3.8) is 0 Å². The normalized spacial score (nSPS) is 21.1. The summed E-state index contributed by atoms with van der Waals surface area (Å²) in [6.07, 6.45) is 8.26. The van der Waals surface area contributed by atoms with Gasteiger partial charge in [0.25, 0.3) is 0 Å². The smallest absolute Gasteiger partial charge is 0.0992 e. The molecule has 3 rings (SSSR count). The van der Waals surface area contributed by atoms with Gasteiger partial charge in [0.2, 0.25) is 0 Å². The van der Waals surface area contributed by atoms with E-state index in [2.05, 4.69) is 58.0 Å². The van der Waals surface area contributed by atoms with Crippen LogP contribution in [0.5, 0.6) is 0 Å². The van der Waals surface area contributed by atoms with Gasteiger partial charge in [0.1, 0.15) is 0 Å². The number of hydrogen-bond donors (Lipinski definition) is 1. The number of piperidine rings is 1. The molecule has 1 aliphatic heterocycles. The number of hydrogen-bond acceptors (Lipinski definition) is 3. The highest BCUT2D eigenvalue weighted by Gasteiger charge is 2.23. The number of benzene rings is 1. The third-order valence-electron chi connectivity index (χ3n) is 4.44. The average Bonchev–Trinajstić information content (AvgIpc) is 3.02. The summed E-state index contributed by atoms with van der Waals surface area (Å²) in [4.78, 5) is 6.59. The summed E-state index contributed by atoms with van der Waals surface area (Å²) in [5.74, 6) is 0.708. The Bertz CT molecular complexity index is 564. The first-order valence-corrected chi connectivity index (χ1v) is 7.76. The highest BCUT2D eigenvalue weighted by molar-refractivity contribution is 5.61. The van der Waals surface area contributed by atoms with Crippen LogP contribution in [0.3, 0.4) is 0 Å². The molecule has 0 radical (unpaired) electrons. The highest BCUT2D eigenvalue weighted by Crippen LogP contribution is 2.25. The Morgan fingerprint density at radius 2 is 2.19 bits per heavy atom. The molecule has 0 amide bonds. The van der Waals surface area contributed by atoms with Crippen molar-refractivity contribution < 1.29 is 0 Å². The fourth-order valence-electron chi connectivity index (χ4n) is 3.20. The van der Waals surface area contributed by atoms with E-state index in [1.54, 1.807) is 0 Å². The minimum Gasteiger partial charge on any atom is -0.381 e. The number of likely N-dealkylation sites (tertiary alicyclic amines) is 1. The molecule has 112 valence electrons. The van der Waals surface area contributed by atoms with Crippen molar-refractivity contribution in [2.45, 2.75) is 25.8 Å². The molecule has 4 nitrogen and oxygen atoms in total. The summed E-state index contributed by atoms with van der Waals surface area (Å²) in [5.41, 5.74) is 2.34. The number of anilines is 1. The molecule has 1 aromatic carbocycles. The van der Waals surface area contributed by atoms with E-state index in [9.17, 15) is 0 Å². The zero-order chi connectivity index (χ0) is 14.7. The monoisotopic (exact) mass is 284 g/mol. The third-order valence-corrected chi connectivity index (χ3v) is 4.44. The Balaban J connectivity index is 1.75. The van der Waals surface area contributed by atoms with Crippen LogP contribution < -0.4 is 5.32 Å². The maximum Gasteiger partial charge on any atom is 0.0992 e. The second kappa shape index (κ2) is 6.31. The molecule has 21 heavy (non-hydrogen) atoms. The molecule has 2 heterocycles. The topological polar surface area (TPSA) is 33.1 Å². The van der Waals surface area contributed by atoms with Crippen LogP contribution in [-0.4, -0.2) is 40.6 Å². The van der Waals surface area contributed by atoms with Crippen molar-refractivity contribution in [3.05, 3.63) is 43.0 Å². The first-order chi connectivity index (χ1) is 10.2. The number of rotatable bonds is 4. The van der Waals surface area contributed by atoms with Crippen molar-refractivity contribution in [2.75, 3.05) is 25.5 Å². The predicted molar refractivity (Wildman–Crippen MR) is 86.9 cm³/mol. The molecule has 2 atom stereocenters. The highest BCUT2D eigenvalue weighted by atomic mass is 15.1. The van der Waals surface area contributed by atoms with Crippen LogP contribution >= 0.6 is 0 Å². The first kappa shape index (κ1) is 14.1. The van der Waals surface area contributed by atoms with E-state index in [0.717, 1.165) is 5.69 Å². The summed E-state index contributed by atoms with van der Waals surface area (Å²) in [7, 11) is 2.22. The Morgan fingerprint density at radius 3 is 2.95 bits per heavy atom. The molecule has 1 N–H and O–H groups in total. The Labute approximate surface area is 126 Å². The van der Waals surface area contributed by atoms with Crippen molar-refractivity contribution >= 4 is 5.69 Å². The second-order valence-electron chi connectivity index (χ2n) is 6.08. The van der Waals surface area contributed by atoms with Crippen molar-refractivity contribution in [2.24, 2.45) is 5.92 Å². The molecular weight excluding hydrogens is 260 g/mol. The number of nitrogens with one attached hydrogen (secondary N) is 1.